The Morgan fingerprint density at radius 2 is 2.07 bits per heavy atom. The molecule has 84 valence electrons. The molecule has 0 aliphatic rings. The minimum atomic E-state index is -0.885. The Morgan fingerprint density at radius 3 is 2.53 bits per heavy atom. The van der Waals surface area contributed by atoms with E-state index in [-0.39, 0.29) is 23.0 Å². The Kier molecular flexibility index (Phi) is 3.88. The van der Waals surface area contributed by atoms with E-state index >= 15 is 0 Å². The molecular formula is C10H12ClF2NO. The van der Waals surface area contributed by atoms with Gasteiger partial charge in [-0.25, -0.2) is 8.78 Å². The third-order valence-electron chi connectivity index (χ3n) is 2.23. The summed E-state index contributed by atoms with van der Waals surface area (Å²) in [5.74, 6) is -2.32. The number of rotatable bonds is 3. The predicted molar refractivity (Wildman–Crippen MR) is 55.4 cm³/mol. The molecule has 0 aliphatic heterocycles. The van der Waals surface area contributed by atoms with Crippen LogP contribution >= 0.6 is 11.6 Å². The smallest absolute Gasteiger partial charge is 0.192 e. The van der Waals surface area contributed by atoms with E-state index in [0.29, 0.717) is 0 Å². The van der Waals surface area contributed by atoms with Gasteiger partial charge in [-0.05, 0) is 24.1 Å². The third kappa shape index (κ3) is 2.21. The Hall–Kier alpha value is -0.870. The van der Waals surface area contributed by atoms with Crippen LogP contribution in [0.4, 0.5) is 8.78 Å². The van der Waals surface area contributed by atoms with Gasteiger partial charge in [0, 0.05) is 0 Å². The predicted octanol–water partition coefficient (Wildman–Crippen LogP) is 2.69. The van der Waals surface area contributed by atoms with E-state index in [1.807, 2.05) is 0 Å². The van der Waals surface area contributed by atoms with E-state index in [0.717, 1.165) is 0 Å². The maximum absolute atomic E-state index is 13.7. The van der Waals surface area contributed by atoms with Gasteiger partial charge in [-0.2, -0.15) is 0 Å². The van der Waals surface area contributed by atoms with Gasteiger partial charge >= 0.3 is 0 Å². The minimum Gasteiger partial charge on any atom is -0.491 e. The fourth-order valence-electron chi connectivity index (χ4n) is 1.26. The quantitative estimate of drug-likeness (QED) is 0.818. The number of hydrogen-bond acceptors (Lipinski definition) is 2. The van der Waals surface area contributed by atoms with E-state index < -0.39 is 17.4 Å². The summed E-state index contributed by atoms with van der Waals surface area (Å²) >= 11 is 5.61. The second-order valence-corrected chi connectivity index (χ2v) is 3.65. The summed E-state index contributed by atoms with van der Waals surface area (Å²) in [7, 11) is 1.19. The number of halogens is 3. The molecule has 0 amide bonds. The van der Waals surface area contributed by atoms with E-state index in [1.165, 1.54) is 13.2 Å². The Labute approximate surface area is 92.0 Å². The second kappa shape index (κ2) is 4.77. The van der Waals surface area contributed by atoms with Gasteiger partial charge in [0.05, 0.1) is 12.1 Å². The first-order valence-electron chi connectivity index (χ1n) is 4.44. The highest BCUT2D eigenvalue weighted by molar-refractivity contribution is 6.31. The van der Waals surface area contributed by atoms with Gasteiger partial charge in [0.15, 0.2) is 17.4 Å². The summed E-state index contributed by atoms with van der Waals surface area (Å²) in [4.78, 5) is 0. The Morgan fingerprint density at radius 1 is 1.47 bits per heavy atom. The van der Waals surface area contributed by atoms with Crippen molar-refractivity contribution >= 4 is 11.6 Å². The molecule has 1 aromatic carbocycles. The van der Waals surface area contributed by atoms with E-state index in [9.17, 15) is 8.78 Å². The van der Waals surface area contributed by atoms with Crippen LogP contribution in [0, 0.1) is 11.6 Å². The van der Waals surface area contributed by atoms with E-state index in [4.69, 9.17) is 17.3 Å². The maximum atomic E-state index is 13.7. The fourth-order valence-corrected chi connectivity index (χ4v) is 1.47. The van der Waals surface area contributed by atoms with Gasteiger partial charge in [-0.3, -0.25) is 0 Å². The molecule has 2 N–H and O–H groups in total. The van der Waals surface area contributed by atoms with Crippen LogP contribution < -0.4 is 10.5 Å². The molecule has 0 bridgehead atoms. The van der Waals surface area contributed by atoms with Crippen LogP contribution in [0.1, 0.15) is 18.4 Å². The number of benzene rings is 1. The van der Waals surface area contributed by atoms with Crippen molar-refractivity contribution in [1.82, 2.24) is 0 Å². The van der Waals surface area contributed by atoms with Gasteiger partial charge in [0.2, 0.25) is 0 Å². The third-order valence-corrected chi connectivity index (χ3v) is 2.51. The van der Waals surface area contributed by atoms with Crippen molar-refractivity contribution in [2.45, 2.75) is 12.8 Å². The average Bonchev–Trinajstić information content (AvgIpc) is 2.23. The molecule has 1 atom stereocenters. The van der Waals surface area contributed by atoms with Crippen LogP contribution in [0.3, 0.4) is 0 Å². The fraction of sp³-hybridized carbons (Fsp3) is 0.400. The van der Waals surface area contributed by atoms with Gasteiger partial charge in [-0.15, -0.1) is 0 Å². The van der Waals surface area contributed by atoms with E-state index in [1.54, 1.807) is 6.92 Å². The van der Waals surface area contributed by atoms with Crippen LogP contribution in [0.2, 0.25) is 5.02 Å². The van der Waals surface area contributed by atoms with Gasteiger partial charge in [0.1, 0.15) is 0 Å². The first-order valence-corrected chi connectivity index (χ1v) is 4.82. The van der Waals surface area contributed by atoms with Gasteiger partial charge in [-0.1, -0.05) is 18.5 Å². The largest absolute Gasteiger partial charge is 0.491 e. The standard InChI is InChI=1S/C10H12ClF2NO/c1-5(4-14)6-3-7(11)9(13)10(15-2)8(6)12/h3,5H,4,14H2,1-2H3. The Balaban J connectivity index is 3.36. The number of nitrogens with two attached hydrogens (primary N) is 1. The molecule has 0 fully saturated rings. The molecular weight excluding hydrogens is 224 g/mol. The molecule has 1 aromatic rings. The molecule has 0 radical (unpaired) electrons. The zero-order valence-electron chi connectivity index (χ0n) is 8.48. The van der Waals surface area contributed by atoms with Crippen LogP contribution in [0.5, 0.6) is 5.75 Å². The highest BCUT2D eigenvalue weighted by Gasteiger charge is 2.20. The molecule has 1 unspecified atom stereocenters. The molecule has 0 spiro atoms. The molecule has 0 heterocycles. The van der Waals surface area contributed by atoms with Crippen molar-refractivity contribution in [2.24, 2.45) is 5.73 Å². The van der Waals surface area contributed by atoms with Crippen LogP contribution in [-0.2, 0) is 0 Å². The Bertz CT molecular complexity index is 371. The van der Waals surface area contributed by atoms with Gasteiger partial charge in [0.25, 0.3) is 0 Å². The van der Waals surface area contributed by atoms with Crippen molar-refractivity contribution in [3.05, 3.63) is 28.3 Å². The first-order chi connectivity index (χ1) is 7.02. The van der Waals surface area contributed by atoms with Crippen molar-refractivity contribution in [3.8, 4) is 5.75 Å². The average molecular weight is 236 g/mol. The first kappa shape index (κ1) is 12.2. The molecule has 0 aliphatic carbocycles. The molecule has 5 heteroatoms. The normalized spacial score (nSPS) is 12.7. The van der Waals surface area contributed by atoms with Crippen molar-refractivity contribution in [3.63, 3.8) is 0 Å². The molecule has 1 rings (SSSR count). The topological polar surface area (TPSA) is 35.2 Å². The lowest BCUT2D eigenvalue weighted by molar-refractivity contribution is 0.356. The lowest BCUT2D eigenvalue weighted by Gasteiger charge is -2.14. The molecule has 0 saturated carbocycles. The SMILES string of the molecule is COc1c(F)c(Cl)cc(C(C)CN)c1F. The summed E-state index contributed by atoms with van der Waals surface area (Å²) in [5, 5.41) is -0.163. The second-order valence-electron chi connectivity index (χ2n) is 3.25. The maximum Gasteiger partial charge on any atom is 0.192 e. The minimum absolute atomic E-state index is 0.163. The molecule has 2 nitrogen and oxygen atoms in total. The van der Waals surface area contributed by atoms with Crippen molar-refractivity contribution in [1.29, 1.82) is 0 Å². The summed E-state index contributed by atoms with van der Waals surface area (Å²) in [5.41, 5.74) is 5.67. The lowest BCUT2D eigenvalue weighted by Crippen LogP contribution is -2.11. The lowest BCUT2D eigenvalue weighted by atomic mass is 10.0. The van der Waals surface area contributed by atoms with Crippen LogP contribution in [0.15, 0.2) is 6.07 Å². The zero-order valence-corrected chi connectivity index (χ0v) is 9.24. The van der Waals surface area contributed by atoms with Gasteiger partial charge < -0.3 is 10.5 Å². The van der Waals surface area contributed by atoms with Crippen molar-refractivity contribution < 1.29 is 13.5 Å². The highest BCUT2D eigenvalue weighted by Crippen LogP contribution is 2.33. The summed E-state index contributed by atoms with van der Waals surface area (Å²) in [6.45, 7) is 1.98. The highest BCUT2D eigenvalue weighted by atomic mass is 35.5. The summed E-state index contributed by atoms with van der Waals surface area (Å²) < 4.78 is 31.6. The zero-order chi connectivity index (χ0) is 11.6. The molecule has 0 aromatic heterocycles. The van der Waals surface area contributed by atoms with Crippen molar-refractivity contribution in [2.75, 3.05) is 13.7 Å². The summed E-state index contributed by atoms with van der Waals surface area (Å²) in [6, 6.07) is 1.24. The van der Waals surface area contributed by atoms with Crippen LogP contribution in [-0.4, -0.2) is 13.7 Å². The number of hydrogen-bond donors (Lipinski definition) is 1. The van der Waals surface area contributed by atoms with Crippen LogP contribution in [0.25, 0.3) is 0 Å². The molecule has 15 heavy (non-hydrogen) atoms. The number of methoxy groups -OCH3 is 1. The summed E-state index contributed by atoms with van der Waals surface area (Å²) in [6.07, 6.45) is 0. The molecule has 0 saturated heterocycles. The number of ether oxygens (including phenoxy) is 1. The monoisotopic (exact) mass is 235 g/mol. The van der Waals surface area contributed by atoms with E-state index in [2.05, 4.69) is 4.74 Å².